The summed E-state index contributed by atoms with van der Waals surface area (Å²) in [6, 6.07) is 11.9. The number of para-hydroxylation sites is 1. The van der Waals surface area contributed by atoms with Crippen LogP contribution in [0.5, 0.6) is 5.75 Å². The van der Waals surface area contributed by atoms with Crippen LogP contribution in [0.25, 0.3) is 10.9 Å². The lowest BCUT2D eigenvalue weighted by Gasteiger charge is -2.13. The Balaban J connectivity index is 1.87. The first-order chi connectivity index (χ1) is 13.4. The number of amides is 1. The molecule has 3 rings (SSSR count). The maximum absolute atomic E-state index is 12.6. The predicted molar refractivity (Wildman–Crippen MR) is 99.8 cm³/mol. The Morgan fingerprint density at radius 2 is 1.75 bits per heavy atom. The fraction of sp³-hybridized carbons (Fsp3) is 0.211. The van der Waals surface area contributed by atoms with Gasteiger partial charge in [-0.1, -0.05) is 12.1 Å². The van der Waals surface area contributed by atoms with Crippen molar-refractivity contribution in [3.8, 4) is 5.75 Å². The summed E-state index contributed by atoms with van der Waals surface area (Å²) in [6.45, 7) is -1.40. The molecule has 0 aliphatic rings. The monoisotopic (exact) mass is 389 g/mol. The van der Waals surface area contributed by atoms with E-state index in [1.165, 1.54) is 28.8 Å². The van der Waals surface area contributed by atoms with E-state index in [0.29, 0.717) is 16.6 Å². The summed E-state index contributed by atoms with van der Waals surface area (Å²) >= 11 is 0. The lowest BCUT2D eigenvalue weighted by Crippen LogP contribution is -2.41. The highest BCUT2D eigenvalue weighted by atomic mass is 19.3. The second-order valence-electron chi connectivity index (χ2n) is 5.89. The van der Waals surface area contributed by atoms with Crippen molar-refractivity contribution in [2.24, 2.45) is 0 Å². The zero-order chi connectivity index (χ0) is 20.3. The standard InChI is InChI=1S/C19H17F2N3O4/c1-2-23-17(26)14-5-3-4-6-15(14)24(19(23)27)11-16(25)22-12-7-9-13(10-8-12)28-18(20)21/h3-10,18H,2,11H2,1H3,(H,22,25). The Kier molecular flexibility index (Phi) is 5.53. The number of aromatic nitrogens is 2. The van der Waals surface area contributed by atoms with Gasteiger partial charge in [-0.3, -0.25) is 18.7 Å². The molecule has 3 aromatic rings. The predicted octanol–water partition coefficient (Wildman–Crippen LogP) is 2.42. The lowest BCUT2D eigenvalue weighted by atomic mass is 10.2. The largest absolute Gasteiger partial charge is 0.435 e. The molecule has 0 fully saturated rings. The highest BCUT2D eigenvalue weighted by Gasteiger charge is 2.14. The van der Waals surface area contributed by atoms with Crippen molar-refractivity contribution in [3.05, 3.63) is 69.4 Å². The highest BCUT2D eigenvalue weighted by Crippen LogP contribution is 2.17. The van der Waals surface area contributed by atoms with Crippen molar-refractivity contribution in [3.63, 3.8) is 0 Å². The zero-order valence-corrected chi connectivity index (χ0v) is 14.9. The van der Waals surface area contributed by atoms with E-state index in [1.807, 2.05) is 0 Å². The number of carbonyl (C=O) groups is 1. The van der Waals surface area contributed by atoms with E-state index in [9.17, 15) is 23.2 Å². The normalized spacial score (nSPS) is 11.0. The molecule has 0 spiro atoms. The molecule has 0 saturated carbocycles. The number of halogens is 2. The summed E-state index contributed by atoms with van der Waals surface area (Å²) in [5, 5.41) is 2.92. The van der Waals surface area contributed by atoms with Gasteiger partial charge in [-0.25, -0.2) is 4.79 Å². The summed E-state index contributed by atoms with van der Waals surface area (Å²) in [6.07, 6.45) is 0. The Morgan fingerprint density at radius 3 is 2.39 bits per heavy atom. The first-order valence-electron chi connectivity index (χ1n) is 8.47. The second kappa shape index (κ2) is 8.03. The molecular formula is C19H17F2N3O4. The van der Waals surface area contributed by atoms with E-state index in [2.05, 4.69) is 10.1 Å². The highest BCUT2D eigenvalue weighted by molar-refractivity contribution is 5.91. The molecule has 1 aromatic heterocycles. The molecule has 2 aromatic carbocycles. The molecule has 0 radical (unpaired) electrons. The Labute approximate surface area is 157 Å². The van der Waals surface area contributed by atoms with Crippen molar-refractivity contribution in [2.45, 2.75) is 26.6 Å². The summed E-state index contributed by atoms with van der Waals surface area (Å²) in [4.78, 5) is 37.4. The minimum atomic E-state index is -2.94. The smallest absolute Gasteiger partial charge is 0.387 e. The number of hydrogen-bond donors (Lipinski definition) is 1. The van der Waals surface area contributed by atoms with Crippen molar-refractivity contribution in [1.82, 2.24) is 9.13 Å². The van der Waals surface area contributed by atoms with Crippen LogP contribution in [0.1, 0.15) is 6.92 Å². The van der Waals surface area contributed by atoms with Gasteiger partial charge < -0.3 is 10.1 Å². The fourth-order valence-electron chi connectivity index (χ4n) is 2.87. The molecule has 0 unspecified atom stereocenters. The molecule has 1 heterocycles. The third-order valence-electron chi connectivity index (χ3n) is 4.11. The van der Waals surface area contributed by atoms with Crippen molar-refractivity contribution >= 4 is 22.5 Å². The van der Waals surface area contributed by atoms with Crippen LogP contribution in [0.2, 0.25) is 0 Å². The number of anilines is 1. The zero-order valence-electron chi connectivity index (χ0n) is 14.9. The molecule has 0 saturated heterocycles. The number of hydrogen-bond acceptors (Lipinski definition) is 4. The molecule has 1 amide bonds. The quantitative estimate of drug-likeness (QED) is 0.702. The van der Waals surface area contributed by atoms with Gasteiger partial charge in [-0.15, -0.1) is 0 Å². The van der Waals surface area contributed by atoms with Gasteiger partial charge in [0.2, 0.25) is 5.91 Å². The van der Waals surface area contributed by atoms with Crippen LogP contribution in [0.4, 0.5) is 14.5 Å². The second-order valence-corrected chi connectivity index (χ2v) is 5.89. The van der Waals surface area contributed by atoms with E-state index in [1.54, 1.807) is 31.2 Å². The van der Waals surface area contributed by atoms with E-state index < -0.39 is 23.8 Å². The number of ether oxygens (including phenoxy) is 1. The van der Waals surface area contributed by atoms with E-state index in [0.717, 1.165) is 4.57 Å². The molecule has 0 atom stereocenters. The van der Waals surface area contributed by atoms with Gasteiger partial charge in [0.15, 0.2) is 0 Å². The summed E-state index contributed by atoms with van der Waals surface area (Å²) in [7, 11) is 0. The Bertz CT molecular complexity index is 1120. The van der Waals surface area contributed by atoms with E-state index in [-0.39, 0.29) is 18.8 Å². The van der Waals surface area contributed by atoms with Crippen LogP contribution in [-0.2, 0) is 17.9 Å². The molecule has 28 heavy (non-hydrogen) atoms. The number of alkyl halides is 2. The summed E-state index contributed by atoms with van der Waals surface area (Å²) < 4.78 is 30.9. The fourth-order valence-corrected chi connectivity index (χ4v) is 2.87. The summed E-state index contributed by atoms with van der Waals surface area (Å²) in [5.41, 5.74) is -0.276. The number of nitrogens with one attached hydrogen (secondary N) is 1. The van der Waals surface area contributed by atoms with Crippen LogP contribution in [-0.4, -0.2) is 21.7 Å². The topological polar surface area (TPSA) is 82.3 Å². The van der Waals surface area contributed by atoms with Crippen molar-refractivity contribution in [2.75, 3.05) is 5.32 Å². The molecule has 0 bridgehead atoms. The van der Waals surface area contributed by atoms with Gasteiger partial charge in [-0.05, 0) is 43.3 Å². The summed E-state index contributed by atoms with van der Waals surface area (Å²) in [5.74, 6) is -0.540. The molecule has 7 nitrogen and oxygen atoms in total. The average Bonchev–Trinajstić information content (AvgIpc) is 2.67. The first-order valence-corrected chi connectivity index (χ1v) is 8.47. The Morgan fingerprint density at radius 1 is 1.07 bits per heavy atom. The maximum atomic E-state index is 12.6. The first kappa shape index (κ1) is 19.3. The van der Waals surface area contributed by atoms with Crippen LogP contribution in [0, 0.1) is 0 Å². The van der Waals surface area contributed by atoms with E-state index in [4.69, 9.17) is 0 Å². The minimum Gasteiger partial charge on any atom is -0.435 e. The number of nitrogens with zero attached hydrogens (tertiary/aromatic N) is 2. The van der Waals surface area contributed by atoms with Crippen LogP contribution >= 0.6 is 0 Å². The van der Waals surface area contributed by atoms with Gasteiger partial charge in [0.1, 0.15) is 12.3 Å². The van der Waals surface area contributed by atoms with Crippen LogP contribution < -0.4 is 21.3 Å². The number of fused-ring (bicyclic) bond motifs is 1. The number of carbonyl (C=O) groups excluding carboxylic acids is 1. The van der Waals surface area contributed by atoms with Crippen LogP contribution in [0.15, 0.2) is 58.1 Å². The Hall–Kier alpha value is -3.49. The molecule has 0 aliphatic carbocycles. The van der Waals surface area contributed by atoms with Gasteiger partial charge in [0.25, 0.3) is 5.56 Å². The molecule has 146 valence electrons. The third-order valence-corrected chi connectivity index (χ3v) is 4.11. The molecular weight excluding hydrogens is 372 g/mol. The number of rotatable bonds is 6. The maximum Gasteiger partial charge on any atom is 0.387 e. The van der Waals surface area contributed by atoms with Gasteiger partial charge in [-0.2, -0.15) is 8.78 Å². The molecule has 1 N–H and O–H groups in total. The molecule has 9 heteroatoms. The number of benzene rings is 2. The van der Waals surface area contributed by atoms with E-state index >= 15 is 0 Å². The average molecular weight is 389 g/mol. The van der Waals surface area contributed by atoms with Gasteiger partial charge >= 0.3 is 12.3 Å². The van der Waals surface area contributed by atoms with Crippen molar-refractivity contribution < 1.29 is 18.3 Å². The van der Waals surface area contributed by atoms with Gasteiger partial charge in [0, 0.05) is 12.2 Å². The lowest BCUT2D eigenvalue weighted by molar-refractivity contribution is -0.116. The SMILES string of the molecule is CCn1c(=O)c2ccccc2n(CC(=O)Nc2ccc(OC(F)F)cc2)c1=O. The molecule has 0 aliphatic heterocycles. The minimum absolute atomic E-state index is 0.0368. The van der Waals surface area contributed by atoms with Crippen LogP contribution in [0.3, 0.4) is 0 Å². The van der Waals surface area contributed by atoms with Gasteiger partial charge in [0.05, 0.1) is 10.9 Å². The van der Waals surface area contributed by atoms with Crippen molar-refractivity contribution in [1.29, 1.82) is 0 Å². The third kappa shape index (κ3) is 3.93.